The van der Waals surface area contributed by atoms with Gasteiger partial charge in [0.15, 0.2) is 0 Å². The summed E-state index contributed by atoms with van der Waals surface area (Å²) in [6.07, 6.45) is -0.547. The van der Waals surface area contributed by atoms with Crippen molar-refractivity contribution in [3.05, 3.63) is 57.0 Å². The van der Waals surface area contributed by atoms with E-state index >= 15 is 0 Å². The van der Waals surface area contributed by atoms with Crippen LogP contribution in [0.2, 0.25) is 5.02 Å². The van der Waals surface area contributed by atoms with Gasteiger partial charge in [0.05, 0.1) is 19.5 Å². The van der Waals surface area contributed by atoms with Gasteiger partial charge in [-0.3, -0.25) is 4.79 Å². The molecule has 0 spiro atoms. The molecule has 1 N–H and O–H groups in total. The van der Waals surface area contributed by atoms with Crippen LogP contribution in [0.25, 0.3) is 0 Å². The van der Waals surface area contributed by atoms with Crippen LogP contribution in [0.1, 0.15) is 11.1 Å². The van der Waals surface area contributed by atoms with Crippen molar-refractivity contribution in [2.24, 2.45) is 0 Å². The summed E-state index contributed by atoms with van der Waals surface area (Å²) in [4.78, 5) is 24.2. The molecule has 2 aromatic carbocycles. The SMILES string of the molecule is O=C(O)Cc1cc(Oc2ccc(Br)cc2CN2CCOC2=O)ccc1Cl. The number of amides is 1. The van der Waals surface area contributed by atoms with Crippen molar-refractivity contribution in [2.45, 2.75) is 13.0 Å². The third-order valence-electron chi connectivity index (χ3n) is 3.82. The molecule has 1 aliphatic rings. The first-order valence-corrected chi connectivity index (χ1v) is 8.97. The Balaban J connectivity index is 1.85. The first-order valence-electron chi connectivity index (χ1n) is 7.80. The Morgan fingerprint density at radius 3 is 2.77 bits per heavy atom. The second-order valence-electron chi connectivity index (χ2n) is 5.71. The number of rotatable bonds is 6. The molecule has 1 fully saturated rings. The predicted octanol–water partition coefficient (Wildman–Crippen LogP) is 4.47. The van der Waals surface area contributed by atoms with E-state index in [1.807, 2.05) is 12.1 Å². The Kier molecular flexibility index (Phi) is 5.68. The maximum Gasteiger partial charge on any atom is 0.410 e. The molecule has 8 heteroatoms. The highest BCUT2D eigenvalue weighted by atomic mass is 79.9. The molecule has 0 saturated carbocycles. The fourth-order valence-electron chi connectivity index (χ4n) is 2.59. The third-order valence-corrected chi connectivity index (χ3v) is 4.68. The van der Waals surface area contributed by atoms with Crippen LogP contribution in [0.3, 0.4) is 0 Å². The Morgan fingerprint density at radius 2 is 2.08 bits per heavy atom. The first kappa shape index (κ1) is 18.5. The highest BCUT2D eigenvalue weighted by Crippen LogP contribution is 2.31. The smallest absolute Gasteiger partial charge is 0.410 e. The molecule has 0 aromatic heterocycles. The summed E-state index contributed by atoms with van der Waals surface area (Å²) in [6.45, 7) is 1.25. The number of benzene rings is 2. The van der Waals surface area contributed by atoms with E-state index in [1.165, 1.54) is 0 Å². The van der Waals surface area contributed by atoms with Crippen LogP contribution in [-0.4, -0.2) is 35.2 Å². The fourth-order valence-corrected chi connectivity index (χ4v) is 3.18. The van der Waals surface area contributed by atoms with Gasteiger partial charge in [-0.25, -0.2) is 4.79 Å². The standard InChI is InChI=1S/C18H15BrClNO5/c19-13-1-4-16(12(7-13)10-21-5-6-25-18(21)24)26-14-2-3-15(20)11(8-14)9-17(22)23/h1-4,7-8H,5-6,9-10H2,(H,22,23). The summed E-state index contributed by atoms with van der Waals surface area (Å²) in [7, 11) is 0. The van der Waals surface area contributed by atoms with Gasteiger partial charge in [-0.2, -0.15) is 0 Å². The number of cyclic esters (lactones) is 1. The quantitative estimate of drug-likeness (QED) is 0.717. The average Bonchev–Trinajstić information content (AvgIpc) is 2.98. The number of hydrogen-bond acceptors (Lipinski definition) is 4. The van der Waals surface area contributed by atoms with Crippen molar-refractivity contribution in [3.8, 4) is 11.5 Å². The monoisotopic (exact) mass is 439 g/mol. The van der Waals surface area contributed by atoms with Crippen LogP contribution in [0, 0.1) is 0 Å². The molecule has 1 amide bonds. The van der Waals surface area contributed by atoms with Gasteiger partial charge in [0.25, 0.3) is 0 Å². The maximum absolute atomic E-state index is 11.7. The van der Waals surface area contributed by atoms with Gasteiger partial charge in [-0.1, -0.05) is 27.5 Å². The molecule has 3 rings (SSSR count). The van der Waals surface area contributed by atoms with E-state index in [2.05, 4.69) is 15.9 Å². The minimum atomic E-state index is -0.971. The normalized spacial score (nSPS) is 13.6. The van der Waals surface area contributed by atoms with Gasteiger partial charge in [-0.15, -0.1) is 0 Å². The van der Waals surface area contributed by atoms with Gasteiger partial charge in [0.1, 0.15) is 18.1 Å². The Morgan fingerprint density at radius 1 is 1.27 bits per heavy atom. The number of ether oxygens (including phenoxy) is 2. The summed E-state index contributed by atoms with van der Waals surface area (Å²) >= 11 is 9.46. The molecule has 26 heavy (non-hydrogen) atoms. The highest BCUT2D eigenvalue weighted by Gasteiger charge is 2.23. The molecule has 0 atom stereocenters. The summed E-state index contributed by atoms with van der Waals surface area (Å²) in [6, 6.07) is 10.4. The molecular formula is C18H15BrClNO5. The summed E-state index contributed by atoms with van der Waals surface area (Å²) in [5, 5.41) is 9.35. The lowest BCUT2D eigenvalue weighted by molar-refractivity contribution is -0.136. The minimum Gasteiger partial charge on any atom is -0.481 e. The first-order chi connectivity index (χ1) is 12.4. The Labute approximate surface area is 163 Å². The topological polar surface area (TPSA) is 76.1 Å². The number of carboxylic acids is 1. The molecule has 136 valence electrons. The van der Waals surface area contributed by atoms with Crippen LogP contribution >= 0.6 is 27.5 Å². The molecule has 1 heterocycles. The second kappa shape index (κ2) is 7.97. The van der Waals surface area contributed by atoms with E-state index in [-0.39, 0.29) is 12.5 Å². The van der Waals surface area contributed by atoms with Crippen molar-refractivity contribution in [1.82, 2.24) is 4.90 Å². The number of nitrogens with zero attached hydrogens (tertiary/aromatic N) is 1. The van der Waals surface area contributed by atoms with Crippen LogP contribution in [0.15, 0.2) is 40.9 Å². The van der Waals surface area contributed by atoms with Crippen molar-refractivity contribution in [3.63, 3.8) is 0 Å². The zero-order chi connectivity index (χ0) is 18.7. The van der Waals surface area contributed by atoms with E-state index in [0.717, 1.165) is 10.0 Å². The van der Waals surface area contributed by atoms with E-state index < -0.39 is 5.97 Å². The molecule has 6 nitrogen and oxygen atoms in total. The van der Waals surface area contributed by atoms with Crippen molar-refractivity contribution in [1.29, 1.82) is 0 Å². The van der Waals surface area contributed by atoms with E-state index in [1.54, 1.807) is 29.2 Å². The maximum atomic E-state index is 11.7. The number of halogens is 2. The van der Waals surface area contributed by atoms with Crippen LogP contribution in [0.5, 0.6) is 11.5 Å². The fraction of sp³-hybridized carbons (Fsp3) is 0.222. The molecule has 0 bridgehead atoms. The van der Waals surface area contributed by atoms with Gasteiger partial charge in [0, 0.05) is 15.1 Å². The number of carbonyl (C=O) groups is 2. The zero-order valence-electron chi connectivity index (χ0n) is 13.6. The summed E-state index contributed by atoms with van der Waals surface area (Å²) < 4.78 is 11.7. The molecule has 2 aromatic rings. The van der Waals surface area contributed by atoms with Gasteiger partial charge >= 0.3 is 12.1 Å². The lowest BCUT2D eigenvalue weighted by Gasteiger charge is -2.17. The minimum absolute atomic E-state index is 0.192. The predicted molar refractivity (Wildman–Crippen MR) is 98.8 cm³/mol. The number of aliphatic carboxylic acids is 1. The Hall–Kier alpha value is -2.25. The zero-order valence-corrected chi connectivity index (χ0v) is 15.9. The lowest BCUT2D eigenvalue weighted by Crippen LogP contribution is -2.23. The van der Waals surface area contributed by atoms with Crippen molar-refractivity contribution >= 4 is 39.6 Å². The molecule has 0 radical (unpaired) electrons. The second-order valence-corrected chi connectivity index (χ2v) is 7.04. The van der Waals surface area contributed by atoms with Crippen LogP contribution < -0.4 is 4.74 Å². The number of carbonyl (C=O) groups excluding carboxylic acids is 1. The van der Waals surface area contributed by atoms with E-state index in [4.69, 9.17) is 26.2 Å². The van der Waals surface area contributed by atoms with Gasteiger partial charge in [-0.05, 0) is 42.0 Å². The Bertz CT molecular complexity index is 857. The number of carboxylic acid groups (broad SMARTS) is 1. The number of hydrogen-bond donors (Lipinski definition) is 1. The molecule has 1 aliphatic heterocycles. The molecular weight excluding hydrogens is 426 g/mol. The summed E-state index contributed by atoms with van der Waals surface area (Å²) in [5.74, 6) is 0.0654. The van der Waals surface area contributed by atoms with E-state index in [0.29, 0.717) is 41.8 Å². The molecule has 0 aliphatic carbocycles. The van der Waals surface area contributed by atoms with Crippen LogP contribution in [-0.2, 0) is 22.5 Å². The molecule has 0 unspecified atom stereocenters. The lowest BCUT2D eigenvalue weighted by atomic mass is 10.1. The van der Waals surface area contributed by atoms with Crippen molar-refractivity contribution in [2.75, 3.05) is 13.2 Å². The average molecular weight is 441 g/mol. The van der Waals surface area contributed by atoms with Crippen LogP contribution in [0.4, 0.5) is 4.79 Å². The third kappa shape index (κ3) is 4.47. The summed E-state index contributed by atoms with van der Waals surface area (Å²) in [5.41, 5.74) is 1.27. The highest BCUT2D eigenvalue weighted by molar-refractivity contribution is 9.10. The van der Waals surface area contributed by atoms with Gasteiger partial charge < -0.3 is 19.5 Å². The van der Waals surface area contributed by atoms with E-state index in [9.17, 15) is 9.59 Å². The van der Waals surface area contributed by atoms with Crippen molar-refractivity contribution < 1.29 is 24.2 Å². The molecule has 1 saturated heterocycles. The van der Waals surface area contributed by atoms with Gasteiger partial charge in [0.2, 0.25) is 0 Å². The largest absolute Gasteiger partial charge is 0.481 e.